The standard InChI is InChI=1S/C18H20ClN7O/c19-15-7-12(3-6-22-15)13-9-26-10-14(16(20)27)25-18(26)17(24-13)23-8-11-1-4-21-5-2-11/h3,6-7,9-11,21H,1-2,4-5,8H2,(H2,20,27)(H,23,24). The van der Waals surface area contributed by atoms with E-state index in [1.165, 1.54) is 0 Å². The largest absolute Gasteiger partial charge is 0.367 e. The Bertz CT molecular complexity index is 981. The first-order chi connectivity index (χ1) is 13.1. The van der Waals surface area contributed by atoms with Gasteiger partial charge in [0.2, 0.25) is 0 Å². The normalized spacial score (nSPS) is 15.1. The van der Waals surface area contributed by atoms with Crippen molar-refractivity contribution in [2.24, 2.45) is 11.7 Å². The second-order valence-corrected chi connectivity index (χ2v) is 7.02. The molecule has 0 spiro atoms. The number of pyridine rings is 1. The van der Waals surface area contributed by atoms with Crippen LogP contribution in [0.3, 0.4) is 0 Å². The average Bonchev–Trinajstić information content (AvgIpc) is 3.11. The summed E-state index contributed by atoms with van der Waals surface area (Å²) in [5.41, 5.74) is 7.70. The van der Waals surface area contributed by atoms with Crippen molar-refractivity contribution in [1.82, 2.24) is 24.7 Å². The Labute approximate surface area is 161 Å². The third-order valence-corrected chi connectivity index (χ3v) is 4.94. The third kappa shape index (κ3) is 3.86. The summed E-state index contributed by atoms with van der Waals surface area (Å²) in [6.45, 7) is 2.85. The van der Waals surface area contributed by atoms with E-state index >= 15 is 0 Å². The fourth-order valence-corrected chi connectivity index (χ4v) is 3.44. The minimum atomic E-state index is -0.573. The van der Waals surface area contributed by atoms with Crippen molar-refractivity contribution in [3.8, 4) is 11.3 Å². The number of halogens is 1. The van der Waals surface area contributed by atoms with Crippen LogP contribution < -0.4 is 16.4 Å². The van der Waals surface area contributed by atoms with Gasteiger partial charge in [-0.25, -0.2) is 15.0 Å². The van der Waals surface area contributed by atoms with Crippen LogP contribution in [0.25, 0.3) is 16.9 Å². The molecule has 4 heterocycles. The highest BCUT2D eigenvalue weighted by molar-refractivity contribution is 6.29. The lowest BCUT2D eigenvalue weighted by molar-refractivity contribution is 0.0996. The molecule has 1 amide bonds. The molecule has 1 aliphatic heterocycles. The van der Waals surface area contributed by atoms with Gasteiger partial charge in [-0.3, -0.25) is 4.79 Å². The summed E-state index contributed by atoms with van der Waals surface area (Å²) in [4.78, 5) is 24.6. The van der Waals surface area contributed by atoms with E-state index in [1.54, 1.807) is 29.1 Å². The zero-order valence-electron chi connectivity index (χ0n) is 14.7. The predicted octanol–water partition coefficient (Wildman–Crippen LogP) is 1.96. The second-order valence-electron chi connectivity index (χ2n) is 6.64. The van der Waals surface area contributed by atoms with Crippen LogP contribution in [0.1, 0.15) is 23.3 Å². The maximum atomic E-state index is 11.6. The molecule has 0 radical (unpaired) electrons. The number of anilines is 1. The summed E-state index contributed by atoms with van der Waals surface area (Å²) in [5, 5.41) is 7.17. The van der Waals surface area contributed by atoms with E-state index in [9.17, 15) is 4.79 Å². The van der Waals surface area contributed by atoms with Crippen molar-refractivity contribution in [3.05, 3.63) is 41.6 Å². The Balaban J connectivity index is 1.72. The molecule has 0 unspecified atom stereocenters. The summed E-state index contributed by atoms with van der Waals surface area (Å²) in [5.74, 6) is 0.612. The number of rotatable bonds is 5. The number of amides is 1. The summed E-state index contributed by atoms with van der Waals surface area (Å²) < 4.78 is 1.77. The van der Waals surface area contributed by atoms with E-state index < -0.39 is 5.91 Å². The van der Waals surface area contributed by atoms with Gasteiger partial charge in [0, 0.05) is 30.7 Å². The molecule has 0 aliphatic carbocycles. The van der Waals surface area contributed by atoms with Gasteiger partial charge in [-0.1, -0.05) is 11.6 Å². The lowest BCUT2D eigenvalue weighted by Gasteiger charge is -2.23. The van der Waals surface area contributed by atoms with Gasteiger partial charge in [-0.05, 0) is 44.0 Å². The van der Waals surface area contributed by atoms with Crippen molar-refractivity contribution >= 4 is 29.0 Å². The number of hydrogen-bond acceptors (Lipinski definition) is 6. The van der Waals surface area contributed by atoms with Gasteiger partial charge in [-0.15, -0.1) is 0 Å². The van der Waals surface area contributed by atoms with E-state index in [0.717, 1.165) is 38.0 Å². The van der Waals surface area contributed by atoms with Gasteiger partial charge < -0.3 is 20.8 Å². The number of fused-ring (bicyclic) bond motifs is 1. The molecule has 4 rings (SSSR count). The summed E-state index contributed by atoms with van der Waals surface area (Å²) in [6, 6.07) is 3.58. The molecule has 3 aromatic rings. The Morgan fingerprint density at radius 3 is 2.89 bits per heavy atom. The summed E-state index contributed by atoms with van der Waals surface area (Å²) in [6.07, 6.45) is 7.28. The number of piperidine rings is 1. The van der Waals surface area contributed by atoms with Crippen LogP contribution in [-0.4, -0.2) is 44.9 Å². The molecule has 27 heavy (non-hydrogen) atoms. The van der Waals surface area contributed by atoms with Gasteiger partial charge in [-0.2, -0.15) is 0 Å². The zero-order valence-corrected chi connectivity index (χ0v) is 15.4. The monoisotopic (exact) mass is 385 g/mol. The molecule has 1 aliphatic rings. The number of nitrogens with zero attached hydrogens (tertiary/aromatic N) is 4. The Kier molecular flexibility index (Phi) is 4.91. The number of imidazole rings is 1. The van der Waals surface area contributed by atoms with Crippen LogP contribution in [0.2, 0.25) is 5.15 Å². The molecule has 0 bridgehead atoms. The van der Waals surface area contributed by atoms with Crippen LogP contribution in [0.5, 0.6) is 0 Å². The molecule has 4 N–H and O–H groups in total. The first kappa shape index (κ1) is 17.7. The van der Waals surface area contributed by atoms with Crippen LogP contribution in [0.15, 0.2) is 30.7 Å². The predicted molar refractivity (Wildman–Crippen MR) is 104 cm³/mol. The fourth-order valence-electron chi connectivity index (χ4n) is 3.26. The molecular formula is C18H20ClN7O. The van der Waals surface area contributed by atoms with Gasteiger partial charge in [0.05, 0.1) is 5.69 Å². The van der Waals surface area contributed by atoms with Gasteiger partial charge in [0.15, 0.2) is 11.5 Å². The molecular weight excluding hydrogens is 366 g/mol. The van der Waals surface area contributed by atoms with E-state index in [2.05, 4.69) is 20.6 Å². The van der Waals surface area contributed by atoms with Crippen molar-refractivity contribution < 1.29 is 4.79 Å². The fraction of sp³-hybridized carbons (Fsp3) is 0.333. The minimum absolute atomic E-state index is 0.201. The number of nitrogens with two attached hydrogens (primary N) is 1. The van der Waals surface area contributed by atoms with Gasteiger partial charge in [0.25, 0.3) is 5.91 Å². The van der Waals surface area contributed by atoms with Crippen LogP contribution in [0.4, 0.5) is 5.82 Å². The maximum absolute atomic E-state index is 11.6. The van der Waals surface area contributed by atoms with Crippen molar-refractivity contribution in [1.29, 1.82) is 0 Å². The van der Waals surface area contributed by atoms with Crippen LogP contribution in [-0.2, 0) is 0 Å². The van der Waals surface area contributed by atoms with Gasteiger partial charge >= 0.3 is 0 Å². The molecule has 3 aromatic heterocycles. The number of hydrogen-bond donors (Lipinski definition) is 3. The zero-order chi connectivity index (χ0) is 18.8. The van der Waals surface area contributed by atoms with E-state index in [4.69, 9.17) is 22.3 Å². The first-order valence-corrected chi connectivity index (χ1v) is 9.24. The number of nitrogens with one attached hydrogen (secondary N) is 2. The third-order valence-electron chi connectivity index (χ3n) is 4.73. The number of carbonyl (C=O) groups is 1. The number of primary amides is 1. The quantitative estimate of drug-likeness (QED) is 0.579. The molecule has 8 nitrogen and oxygen atoms in total. The Morgan fingerprint density at radius 2 is 2.15 bits per heavy atom. The van der Waals surface area contributed by atoms with E-state index in [1.807, 2.05) is 6.07 Å². The summed E-state index contributed by atoms with van der Waals surface area (Å²) >= 11 is 6.02. The maximum Gasteiger partial charge on any atom is 0.268 e. The summed E-state index contributed by atoms with van der Waals surface area (Å²) in [7, 11) is 0. The highest BCUT2D eigenvalue weighted by Gasteiger charge is 2.17. The average molecular weight is 386 g/mol. The molecule has 0 saturated carbocycles. The number of aromatic nitrogens is 4. The van der Waals surface area contributed by atoms with Crippen molar-refractivity contribution in [2.75, 3.05) is 25.0 Å². The smallest absolute Gasteiger partial charge is 0.268 e. The van der Waals surface area contributed by atoms with Crippen LogP contribution >= 0.6 is 11.6 Å². The number of carbonyl (C=O) groups excluding carboxylic acids is 1. The first-order valence-electron chi connectivity index (χ1n) is 8.86. The molecule has 9 heteroatoms. The van der Waals surface area contributed by atoms with E-state index in [0.29, 0.717) is 28.2 Å². The van der Waals surface area contributed by atoms with Crippen molar-refractivity contribution in [2.45, 2.75) is 12.8 Å². The molecule has 0 aromatic carbocycles. The molecule has 140 valence electrons. The topological polar surface area (TPSA) is 110 Å². The highest BCUT2D eigenvalue weighted by atomic mass is 35.5. The Morgan fingerprint density at radius 1 is 1.33 bits per heavy atom. The van der Waals surface area contributed by atoms with E-state index in [-0.39, 0.29) is 5.69 Å². The SMILES string of the molecule is NC(=O)c1cn2cc(-c3ccnc(Cl)c3)nc(NCC3CCNCC3)c2n1. The molecule has 1 saturated heterocycles. The van der Waals surface area contributed by atoms with Crippen LogP contribution in [0, 0.1) is 5.92 Å². The highest BCUT2D eigenvalue weighted by Crippen LogP contribution is 2.24. The lowest BCUT2D eigenvalue weighted by atomic mass is 9.98. The Hall–Kier alpha value is -2.71. The second kappa shape index (κ2) is 7.50. The lowest BCUT2D eigenvalue weighted by Crippen LogP contribution is -2.31. The minimum Gasteiger partial charge on any atom is -0.367 e. The molecule has 1 fully saturated rings. The van der Waals surface area contributed by atoms with Gasteiger partial charge in [0.1, 0.15) is 10.8 Å². The van der Waals surface area contributed by atoms with Crippen molar-refractivity contribution in [3.63, 3.8) is 0 Å². The molecule has 0 atom stereocenters.